The number of fused-ring (bicyclic) bond motifs is 5. The number of nitrogens with zero attached hydrogens (tertiary/aromatic N) is 3. The van der Waals surface area contributed by atoms with Crippen molar-refractivity contribution in [2.45, 2.75) is 108 Å². The first-order valence-corrected chi connectivity index (χ1v) is 15.1. The predicted octanol–water partition coefficient (Wildman–Crippen LogP) is 5.05. The molecule has 3 heterocycles. The van der Waals surface area contributed by atoms with Crippen LogP contribution in [0.25, 0.3) is 11.0 Å². The van der Waals surface area contributed by atoms with E-state index >= 15 is 0 Å². The van der Waals surface area contributed by atoms with Crippen molar-refractivity contribution in [1.82, 2.24) is 14.5 Å². The summed E-state index contributed by atoms with van der Waals surface area (Å²) in [5.74, 6) is 1.57. The number of para-hydroxylation sites is 2. The van der Waals surface area contributed by atoms with Crippen LogP contribution in [0.1, 0.15) is 89.3 Å². The molecule has 0 N–H and O–H groups in total. The number of esters is 1. The van der Waals surface area contributed by atoms with Gasteiger partial charge in [0.1, 0.15) is 5.69 Å². The molecule has 4 bridgehead atoms. The van der Waals surface area contributed by atoms with Crippen LogP contribution >= 0.6 is 0 Å². The predicted molar refractivity (Wildman–Crippen MR) is 147 cm³/mol. The standard InChI is InChI=1S/C31H43N3O4/c1-2-38-30(35)13-7-11-28-31(36)34(29-12-6-5-10-27(29)32-28)24-17-25-19-37-20-26(18-24)33(25)23-15-21-8-3-4-9-22(14-21)16-23/h5-6,10,12,21-26H,2-4,7-9,11,13-20H2,1H3/t21?,22?,23?,25-,26-/m0/s1. The Labute approximate surface area is 225 Å². The van der Waals surface area contributed by atoms with E-state index in [2.05, 4.69) is 4.90 Å². The maximum Gasteiger partial charge on any atom is 0.305 e. The van der Waals surface area contributed by atoms with Gasteiger partial charge in [-0.1, -0.05) is 37.8 Å². The molecular formula is C31H43N3O4. The van der Waals surface area contributed by atoms with Gasteiger partial charge in [0.25, 0.3) is 5.56 Å². The Kier molecular flexibility index (Phi) is 7.85. The quantitative estimate of drug-likeness (QED) is 0.475. The van der Waals surface area contributed by atoms with Crippen LogP contribution in [0.15, 0.2) is 29.1 Å². The van der Waals surface area contributed by atoms with Gasteiger partial charge in [-0.2, -0.15) is 0 Å². The number of morpholine rings is 1. The zero-order chi connectivity index (χ0) is 26.1. The third-order valence-electron chi connectivity index (χ3n) is 9.65. The van der Waals surface area contributed by atoms with Crippen LogP contribution in [-0.2, 0) is 20.7 Å². The molecule has 2 unspecified atom stereocenters. The van der Waals surface area contributed by atoms with E-state index in [0.717, 1.165) is 48.9 Å². The van der Waals surface area contributed by atoms with E-state index in [9.17, 15) is 9.59 Å². The molecule has 1 aromatic carbocycles. The highest BCUT2D eigenvalue weighted by molar-refractivity contribution is 5.75. The minimum atomic E-state index is -0.212. The van der Waals surface area contributed by atoms with Crippen molar-refractivity contribution in [2.24, 2.45) is 11.8 Å². The molecule has 2 aliphatic carbocycles. The van der Waals surface area contributed by atoms with Gasteiger partial charge < -0.3 is 14.0 Å². The first kappa shape index (κ1) is 26.0. The Bertz CT molecular complexity index is 1170. The minimum absolute atomic E-state index is 0.00804. The average molecular weight is 522 g/mol. The second kappa shape index (κ2) is 11.5. The third kappa shape index (κ3) is 5.29. The molecule has 0 spiro atoms. The summed E-state index contributed by atoms with van der Waals surface area (Å²) in [5, 5.41) is 0. The Morgan fingerprint density at radius 2 is 1.68 bits per heavy atom. The SMILES string of the molecule is CCOC(=O)CCCc1nc2ccccc2n(C2C[C@H]3COC[C@H](C2)N3C2CC3CCCCC(C3)C2)c1=O. The normalized spacial score (nSPS) is 31.6. The van der Waals surface area contributed by atoms with E-state index in [1.54, 1.807) is 0 Å². The maximum absolute atomic E-state index is 13.9. The largest absolute Gasteiger partial charge is 0.466 e. The van der Waals surface area contributed by atoms with Crippen molar-refractivity contribution in [3.05, 3.63) is 40.3 Å². The summed E-state index contributed by atoms with van der Waals surface area (Å²) in [6.07, 6.45) is 13.0. The number of carbonyl (C=O) groups is 1. The lowest BCUT2D eigenvalue weighted by atomic mass is 9.75. The molecule has 4 fully saturated rings. The van der Waals surface area contributed by atoms with E-state index in [0.29, 0.717) is 49.7 Å². The number of hydrogen-bond acceptors (Lipinski definition) is 6. The highest BCUT2D eigenvalue weighted by Crippen LogP contribution is 2.44. The van der Waals surface area contributed by atoms with Gasteiger partial charge in [0.05, 0.1) is 30.9 Å². The molecule has 7 nitrogen and oxygen atoms in total. The van der Waals surface area contributed by atoms with E-state index in [1.165, 1.54) is 44.9 Å². The van der Waals surface area contributed by atoms with Gasteiger partial charge in [-0.15, -0.1) is 0 Å². The summed E-state index contributed by atoms with van der Waals surface area (Å²) in [6, 6.07) is 9.57. The average Bonchev–Trinajstić information content (AvgIpc) is 3.07. The molecule has 2 saturated carbocycles. The van der Waals surface area contributed by atoms with Crippen LogP contribution < -0.4 is 5.56 Å². The first-order chi connectivity index (χ1) is 18.6. The fourth-order valence-electron chi connectivity index (χ4n) is 8.19. The lowest BCUT2D eigenvalue weighted by Crippen LogP contribution is -2.62. The van der Waals surface area contributed by atoms with Gasteiger partial charge in [0.2, 0.25) is 0 Å². The molecule has 1 aromatic heterocycles. The number of aryl methyl sites for hydroxylation is 1. The van der Waals surface area contributed by atoms with Gasteiger partial charge in [-0.25, -0.2) is 4.98 Å². The van der Waals surface area contributed by atoms with Crippen LogP contribution in [-0.4, -0.2) is 58.4 Å². The summed E-state index contributed by atoms with van der Waals surface area (Å²) in [4.78, 5) is 33.4. The number of carbonyl (C=O) groups excluding carboxylic acids is 1. The Balaban J connectivity index is 1.25. The fraction of sp³-hybridized carbons (Fsp3) is 0.710. The molecule has 4 aliphatic rings. The van der Waals surface area contributed by atoms with E-state index in [-0.39, 0.29) is 17.6 Å². The van der Waals surface area contributed by atoms with Gasteiger partial charge in [0, 0.05) is 30.6 Å². The fourth-order valence-corrected chi connectivity index (χ4v) is 8.19. The second-order valence-corrected chi connectivity index (χ2v) is 12.2. The lowest BCUT2D eigenvalue weighted by molar-refractivity contribution is -0.143. The monoisotopic (exact) mass is 521 g/mol. The summed E-state index contributed by atoms with van der Waals surface area (Å²) in [7, 11) is 0. The highest BCUT2D eigenvalue weighted by atomic mass is 16.5. The van der Waals surface area contributed by atoms with Crippen LogP contribution in [0.2, 0.25) is 0 Å². The topological polar surface area (TPSA) is 73.7 Å². The summed E-state index contributed by atoms with van der Waals surface area (Å²) in [5.41, 5.74) is 2.35. The molecule has 2 saturated heterocycles. The molecule has 6 rings (SSSR count). The Morgan fingerprint density at radius 1 is 0.974 bits per heavy atom. The molecular weight excluding hydrogens is 478 g/mol. The van der Waals surface area contributed by atoms with Crippen molar-refractivity contribution in [3.8, 4) is 0 Å². The summed E-state index contributed by atoms with van der Waals surface area (Å²) in [6.45, 7) is 3.73. The van der Waals surface area contributed by atoms with E-state index in [4.69, 9.17) is 14.5 Å². The van der Waals surface area contributed by atoms with Crippen LogP contribution in [0.4, 0.5) is 0 Å². The smallest absolute Gasteiger partial charge is 0.305 e. The highest BCUT2D eigenvalue weighted by Gasteiger charge is 2.45. The Morgan fingerprint density at radius 3 is 2.39 bits per heavy atom. The molecule has 2 aliphatic heterocycles. The molecule has 0 radical (unpaired) electrons. The van der Waals surface area contributed by atoms with E-state index in [1.807, 2.05) is 35.8 Å². The number of piperidine rings is 1. The Hall–Kier alpha value is -2.25. The maximum atomic E-state index is 13.9. The first-order valence-electron chi connectivity index (χ1n) is 15.1. The van der Waals surface area contributed by atoms with Crippen molar-refractivity contribution < 1.29 is 14.3 Å². The van der Waals surface area contributed by atoms with Crippen molar-refractivity contribution in [2.75, 3.05) is 19.8 Å². The zero-order valence-electron chi connectivity index (χ0n) is 22.9. The van der Waals surface area contributed by atoms with Gasteiger partial charge >= 0.3 is 5.97 Å². The van der Waals surface area contributed by atoms with Gasteiger partial charge in [0.15, 0.2) is 0 Å². The number of benzene rings is 1. The van der Waals surface area contributed by atoms with Crippen molar-refractivity contribution in [1.29, 1.82) is 0 Å². The van der Waals surface area contributed by atoms with Crippen molar-refractivity contribution >= 4 is 17.0 Å². The molecule has 4 atom stereocenters. The summed E-state index contributed by atoms with van der Waals surface area (Å²) < 4.78 is 13.2. The number of aromatic nitrogens is 2. The van der Waals surface area contributed by atoms with Crippen LogP contribution in [0, 0.1) is 11.8 Å². The lowest BCUT2D eigenvalue weighted by Gasteiger charge is -2.54. The third-order valence-corrected chi connectivity index (χ3v) is 9.65. The minimum Gasteiger partial charge on any atom is -0.466 e. The molecule has 2 aromatic rings. The molecule has 7 heteroatoms. The molecule has 38 heavy (non-hydrogen) atoms. The van der Waals surface area contributed by atoms with Gasteiger partial charge in [-0.05, 0) is 75.8 Å². The van der Waals surface area contributed by atoms with Crippen molar-refractivity contribution in [3.63, 3.8) is 0 Å². The van der Waals surface area contributed by atoms with Crippen LogP contribution in [0.5, 0.6) is 0 Å². The zero-order valence-corrected chi connectivity index (χ0v) is 22.9. The van der Waals surface area contributed by atoms with Gasteiger partial charge in [-0.3, -0.25) is 14.5 Å². The van der Waals surface area contributed by atoms with E-state index < -0.39 is 0 Å². The number of hydrogen-bond donors (Lipinski definition) is 0. The number of ether oxygens (including phenoxy) is 2. The molecule has 206 valence electrons. The number of rotatable bonds is 7. The van der Waals surface area contributed by atoms with Crippen LogP contribution in [0.3, 0.4) is 0 Å². The molecule has 0 amide bonds. The summed E-state index contributed by atoms with van der Waals surface area (Å²) >= 11 is 0. The second-order valence-electron chi connectivity index (χ2n) is 12.2.